The third-order valence-electron chi connectivity index (χ3n) is 3.06. The van der Waals surface area contributed by atoms with E-state index in [1.807, 2.05) is 0 Å². The molecule has 0 spiro atoms. The number of aryl methyl sites for hydroxylation is 1. The second-order valence-corrected chi connectivity index (χ2v) is 4.25. The Hall–Kier alpha value is -1.44. The molecule has 0 unspecified atom stereocenters. The molecule has 0 aromatic heterocycles. The summed E-state index contributed by atoms with van der Waals surface area (Å²) in [6.45, 7) is 5.46. The molecule has 0 bridgehead atoms. The van der Waals surface area contributed by atoms with Crippen LogP contribution < -0.4 is 4.90 Å². The third kappa shape index (κ3) is 1.99. The van der Waals surface area contributed by atoms with Crippen molar-refractivity contribution in [3.8, 4) is 0 Å². The molecule has 0 N–H and O–H groups in total. The highest BCUT2D eigenvalue weighted by Gasteiger charge is 2.16. The zero-order valence-corrected chi connectivity index (χ0v) is 9.64. The summed E-state index contributed by atoms with van der Waals surface area (Å²) in [7, 11) is 2.12. The largest absolute Gasteiger partial charge is 0.375 e. The smallest absolute Gasteiger partial charge is 0.0437 e. The summed E-state index contributed by atoms with van der Waals surface area (Å²) < 4.78 is 0. The molecule has 2 heteroatoms. The van der Waals surface area contributed by atoms with Crippen LogP contribution >= 0.6 is 0 Å². The summed E-state index contributed by atoms with van der Waals surface area (Å²) in [5, 5.41) is 0. The molecule has 1 aromatic carbocycles. The Balaban J connectivity index is 2.26. The molecule has 0 aliphatic carbocycles. The molecule has 80 valence electrons. The monoisotopic (exact) mass is 202 g/mol. The molecule has 1 heterocycles. The minimum Gasteiger partial charge on any atom is -0.375 e. The standard InChI is InChI=1S/C13H18N2/c1-11-6-4-5-7-13(11)15-9-8-14(3)12(2)10-15/h4-9,12H,10H2,1-3H3/t12-/m1/s1. The number of anilines is 1. The van der Waals surface area contributed by atoms with E-state index in [2.05, 4.69) is 67.4 Å². The van der Waals surface area contributed by atoms with Gasteiger partial charge < -0.3 is 9.80 Å². The van der Waals surface area contributed by atoms with Crippen molar-refractivity contribution in [2.75, 3.05) is 18.5 Å². The van der Waals surface area contributed by atoms with Crippen molar-refractivity contribution in [2.45, 2.75) is 19.9 Å². The van der Waals surface area contributed by atoms with Crippen LogP contribution in [0.1, 0.15) is 12.5 Å². The zero-order chi connectivity index (χ0) is 10.8. The molecule has 1 atom stereocenters. The highest BCUT2D eigenvalue weighted by atomic mass is 15.2. The van der Waals surface area contributed by atoms with Gasteiger partial charge in [-0.05, 0) is 25.5 Å². The van der Waals surface area contributed by atoms with E-state index in [9.17, 15) is 0 Å². The van der Waals surface area contributed by atoms with Crippen molar-refractivity contribution in [3.63, 3.8) is 0 Å². The molecule has 1 aliphatic heterocycles. The number of hydrogen-bond donors (Lipinski definition) is 0. The summed E-state index contributed by atoms with van der Waals surface area (Å²) in [5.41, 5.74) is 2.65. The average molecular weight is 202 g/mol. The van der Waals surface area contributed by atoms with Gasteiger partial charge in [-0.3, -0.25) is 0 Å². The number of hydrogen-bond acceptors (Lipinski definition) is 2. The third-order valence-corrected chi connectivity index (χ3v) is 3.06. The van der Waals surface area contributed by atoms with Crippen LogP contribution in [0.3, 0.4) is 0 Å². The summed E-state index contributed by atoms with van der Waals surface area (Å²) in [6.07, 6.45) is 4.29. The Morgan fingerprint density at radius 1 is 1.20 bits per heavy atom. The van der Waals surface area contributed by atoms with Gasteiger partial charge in [-0.1, -0.05) is 18.2 Å². The van der Waals surface area contributed by atoms with Crippen molar-refractivity contribution in [3.05, 3.63) is 42.2 Å². The van der Waals surface area contributed by atoms with Crippen LogP contribution in [0.4, 0.5) is 5.69 Å². The fraction of sp³-hybridized carbons (Fsp3) is 0.385. The predicted molar refractivity (Wildman–Crippen MR) is 64.9 cm³/mol. The van der Waals surface area contributed by atoms with Crippen LogP contribution in [-0.2, 0) is 0 Å². The van der Waals surface area contributed by atoms with Crippen LogP contribution in [0, 0.1) is 6.92 Å². The van der Waals surface area contributed by atoms with Crippen LogP contribution in [0.5, 0.6) is 0 Å². The Bertz CT molecular complexity index is 371. The SMILES string of the molecule is Cc1ccccc1N1C=CN(C)[C@H](C)C1. The van der Waals surface area contributed by atoms with Gasteiger partial charge in [0, 0.05) is 37.7 Å². The molecule has 2 nitrogen and oxygen atoms in total. The molecular weight excluding hydrogens is 184 g/mol. The normalized spacial score (nSPS) is 20.9. The van der Waals surface area contributed by atoms with Gasteiger partial charge in [0.25, 0.3) is 0 Å². The second kappa shape index (κ2) is 3.97. The van der Waals surface area contributed by atoms with E-state index in [1.165, 1.54) is 11.3 Å². The maximum Gasteiger partial charge on any atom is 0.0437 e. The van der Waals surface area contributed by atoms with Crippen LogP contribution in [-0.4, -0.2) is 24.5 Å². The highest BCUT2D eigenvalue weighted by Crippen LogP contribution is 2.22. The molecule has 0 radical (unpaired) electrons. The van der Waals surface area contributed by atoms with Crippen molar-refractivity contribution in [2.24, 2.45) is 0 Å². The van der Waals surface area contributed by atoms with Gasteiger partial charge in [0.2, 0.25) is 0 Å². The first kappa shape index (κ1) is 10.1. The van der Waals surface area contributed by atoms with Crippen LogP contribution in [0.2, 0.25) is 0 Å². The molecule has 0 amide bonds. The lowest BCUT2D eigenvalue weighted by Crippen LogP contribution is -2.40. The van der Waals surface area contributed by atoms with E-state index in [0.29, 0.717) is 6.04 Å². The molecule has 2 rings (SSSR count). The summed E-state index contributed by atoms with van der Waals surface area (Å²) in [6, 6.07) is 9.08. The van der Waals surface area contributed by atoms with Crippen molar-refractivity contribution < 1.29 is 0 Å². The van der Waals surface area contributed by atoms with Gasteiger partial charge in [-0.15, -0.1) is 0 Å². The van der Waals surface area contributed by atoms with Crippen molar-refractivity contribution in [1.29, 1.82) is 0 Å². The fourth-order valence-corrected chi connectivity index (χ4v) is 1.87. The lowest BCUT2D eigenvalue weighted by molar-refractivity contribution is 0.341. The van der Waals surface area contributed by atoms with Gasteiger partial charge in [-0.25, -0.2) is 0 Å². The van der Waals surface area contributed by atoms with Gasteiger partial charge >= 0.3 is 0 Å². The number of benzene rings is 1. The predicted octanol–water partition coefficient (Wildman–Crippen LogP) is 2.61. The minimum atomic E-state index is 0.564. The average Bonchev–Trinajstić information content (AvgIpc) is 2.23. The molecular formula is C13H18N2. The van der Waals surface area contributed by atoms with E-state index >= 15 is 0 Å². The van der Waals surface area contributed by atoms with Gasteiger partial charge in [0.15, 0.2) is 0 Å². The topological polar surface area (TPSA) is 6.48 Å². The van der Waals surface area contributed by atoms with Gasteiger partial charge in [0.1, 0.15) is 0 Å². The van der Waals surface area contributed by atoms with Gasteiger partial charge in [0.05, 0.1) is 0 Å². The zero-order valence-electron chi connectivity index (χ0n) is 9.64. The number of para-hydroxylation sites is 1. The first-order valence-electron chi connectivity index (χ1n) is 5.41. The number of nitrogens with zero attached hydrogens (tertiary/aromatic N) is 2. The van der Waals surface area contributed by atoms with Gasteiger partial charge in [-0.2, -0.15) is 0 Å². The van der Waals surface area contributed by atoms with E-state index in [1.54, 1.807) is 0 Å². The van der Waals surface area contributed by atoms with Crippen LogP contribution in [0.25, 0.3) is 0 Å². The fourth-order valence-electron chi connectivity index (χ4n) is 1.87. The number of likely N-dealkylation sites (N-methyl/N-ethyl adjacent to an activating group) is 1. The number of rotatable bonds is 1. The Morgan fingerprint density at radius 2 is 1.93 bits per heavy atom. The van der Waals surface area contributed by atoms with Crippen LogP contribution in [0.15, 0.2) is 36.7 Å². The Kier molecular flexibility index (Phi) is 2.67. The summed E-state index contributed by atoms with van der Waals surface area (Å²) in [5.74, 6) is 0. The highest BCUT2D eigenvalue weighted by molar-refractivity contribution is 5.55. The minimum absolute atomic E-state index is 0.564. The summed E-state index contributed by atoms with van der Waals surface area (Å²) in [4.78, 5) is 4.56. The maximum atomic E-state index is 2.32. The molecule has 0 saturated heterocycles. The first-order chi connectivity index (χ1) is 7.18. The lowest BCUT2D eigenvalue weighted by atomic mass is 10.1. The quantitative estimate of drug-likeness (QED) is 0.690. The van der Waals surface area contributed by atoms with E-state index < -0.39 is 0 Å². The molecule has 0 fully saturated rings. The van der Waals surface area contributed by atoms with Crippen molar-refractivity contribution in [1.82, 2.24) is 4.90 Å². The Labute approximate surface area is 91.8 Å². The van der Waals surface area contributed by atoms with E-state index in [-0.39, 0.29) is 0 Å². The first-order valence-corrected chi connectivity index (χ1v) is 5.41. The molecule has 15 heavy (non-hydrogen) atoms. The van der Waals surface area contributed by atoms with E-state index in [0.717, 1.165) is 6.54 Å². The van der Waals surface area contributed by atoms with E-state index in [4.69, 9.17) is 0 Å². The second-order valence-electron chi connectivity index (χ2n) is 4.25. The molecule has 1 aliphatic rings. The Morgan fingerprint density at radius 3 is 2.60 bits per heavy atom. The molecule has 1 aromatic rings. The van der Waals surface area contributed by atoms with Crippen molar-refractivity contribution >= 4 is 5.69 Å². The molecule has 0 saturated carbocycles. The summed E-state index contributed by atoms with van der Waals surface area (Å²) >= 11 is 0. The maximum absolute atomic E-state index is 2.32. The lowest BCUT2D eigenvalue weighted by Gasteiger charge is -2.35.